The van der Waals surface area contributed by atoms with Gasteiger partial charge in [0.15, 0.2) is 5.82 Å². The molecule has 0 spiro atoms. The number of nitrogens with zero attached hydrogens (tertiary/aromatic N) is 3. The molecule has 1 heterocycles. The Labute approximate surface area is 154 Å². The third-order valence-corrected chi connectivity index (χ3v) is 5.26. The van der Waals surface area contributed by atoms with E-state index < -0.39 is 5.60 Å². The first-order valence-electron chi connectivity index (χ1n) is 9.03. The predicted molar refractivity (Wildman–Crippen MR) is 103 cm³/mol. The molecular formula is C20H25N5O. The molecule has 0 aromatic heterocycles. The number of rotatable bonds is 4. The number of hydrogen-bond donors (Lipinski definition) is 3. The smallest absolute Gasteiger partial charge is 0.158 e. The molecule has 0 radical (unpaired) electrons. The molecule has 0 bridgehead atoms. The molecule has 6 heteroatoms. The highest BCUT2D eigenvalue weighted by molar-refractivity contribution is 5.73. The number of nitrogens with two attached hydrogens (primary N) is 1. The van der Waals surface area contributed by atoms with Gasteiger partial charge in [-0.15, -0.1) is 5.11 Å². The lowest BCUT2D eigenvalue weighted by Crippen LogP contribution is -2.30. The fraction of sp³-hybridized carbons (Fsp3) is 0.450. The van der Waals surface area contributed by atoms with E-state index in [0.717, 1.165) is 37.1 Å². The number of fused-ring (bicyclic) bond motifs is 1. The number of hydrogen-bond acceptors (Lipinski definition) is 5. The van der Waals surface area contributed by atoms with E-state index in [2.05, 4.69) is 28.2 Å². The van der Waals surface area contributed by atoms with E-state index in [1.54, 1.807) is 6.08 Å². The molecular weight excluding hydrogens is 326 g/mol. The van der Waals surface area contributed by atoms with Crippen molar-refractivity contribution in [1.29, 1.82) is 5.41 Å². The SMILES string of the molecule is CC(O)(C#Cc1ccc2c(c1)N(/C(=C/C=N)N=NN)CC2)C1CCCC1. The average Bonchev–Trinajstić information content (AvgIpc) is 3.30. The first-order valence-corrected chi connectivity index (χ1v) is 9.03. The van der Waals surface area contributed by atoms with Crippen molar-refractivity contribution in [2.75, 3.05) is 11.4 Å². The van der Waals surface area contributed by atoms with Crippen LogP contribution in [-0.4, -0.2) is 23.5 Å². The van der Waals surface area contributed by atoms with Crippen LogP contribution in [0.25, 0.3) is 0 Å². The van der Waals surface area contributed by atoms with Gasteiger partial charge in [-0.05, 0) is 49.8 Å². The first kappa shape index (κ1) is 18.2. The summed E-state index contributed by atoms with van der Waals surface area (Å²) in [4.78, 5) is 1.98. The van der Waals surface area contributed by atoms with Gasteiger partial charge < -0.3 is 21.3 Å². The molecule has 1 fully saturated rings. The molecule has 2 aliphatic rings. The fourth-order valence-electron chi connectivity index (χ4n) is 3.79. The van der Waals surface area contributed by atoms with Gasteiger partial charge in [0.05, 0.1) is 0 Å². The van der Waals surface area contributed by atoms with Gasteiger partial charge in [0, 0.05) is 30.1 Å². The summed E-state index contributed by atoms with van der Waals surface area (Å²) in [7, 11) is 0. The zero-order valence-corrected chi connectivity index (χ0v) is 15.1. The highest BCUT2D eigenvalue weighted by Crippen LogP contribution is 2.34. The molecule has 1 aliphatic heterocycles. The largest absolute Gasteiger partial charge is 0.378 e. The Bertz CT molecular complexity index is 794. The molecule has 1 aromatic rings. The van der Waals surface area contributed by atoms with Crippen LogP contribution in [0.3, 0.4) is 0 Å². The Hall–Kier alpha value is -2.65. The maximum atomic E-state index is 10.7. The Kier molecular flexibility index (Phi) is 5.38. The molecule has 6 nitrogen and oxygen atoms in total. The second kappa shape index (κ2) is 7.71. The van der Waals surface area contributed by atoms with Crippen LogP contribution < -0.4 is 10.7 Å². The van der Waals surface area contributed by atoms with Crippen LogP contribution in [-0.2, 0) is 6.42 Å². The highest BCUT2D eigenvalue weighted by Gasteiger charge is 2.32. The van der Waals surface area contributed by atoms with Crippen molar-refractivity contribution in [2.45, 2.75) is 44.6 Å². The summed E-state index contributed by atoms with van der Waals surface area (Å²) in [6.45, 7) is 2.58. The topological polar surface area (TPSA) is 98.1 Å². The lowest BCUT2D eigenvalue weighted by molar-refractivity contribution is 0.0589. The molecule has 1 atom stereocenters. The van der Waals surface area contributed by atoms with Gasteiger partial charge in [0.2, 0.25) is 0 Å². The van der Waals surface area contributed by atoms with Crippen molar-refractivity contribution in [2.24, 2.45) is 22.1 Å². The van der Waals surface area contributed by atoms with E-state index in [4.69, 9.17) is 11.3 Å². The van der Waals surface area contributed by atoms with Crippen molar-refractivity contribution < 1.29 is 5.11 Å². The van der Waals surface area contributed by atoms with Gasteiger partial charge in [-0.3, -0.25) is 0 Å². The zero-order valence-electron chi connectivity index (χ0n) is 15.1. The maximum absolute atomic E-state index is 10.7. The number of nitrogens with one attached hydrogen (secondary N) is 1. The van der Waals surface area contributed by atoms with E-state index >= 15 is 0 Å². The molecule has 1 unspecified atom stereocenters. The van der Waals surface area contributed by atoms with Crippen LogP contribution in [0.4, 0.5) is 5.69 Å². The highest BCUT2D eigenvalue weighted by atomic mass is 16.3. The number of benzene rings is 1. The number of anilines is 1. The molecule has 1 aliphatic carbocycles. The van der Waals surface area contributed by atoms with Crippen molar-refractivity contribution in [1.82, 2.24) is 0 Å². The van der Waals surface area contributed by atoms with E-state index in [1.807, 2.05) is 24.0 Å². The summed E-state index contributed by atoms with van der Waals surface area (Å²) in [6, 6.07) is 6.06. The lowest BCUT2D eigenvalue weighted by Gasteiger charge is -2.24. The monoisotopic (exact) mass is 351 g/mol. The number of aliphatic hydroxyl groups is 1. The minimum atomic E-state index is -0.950. The first-order chi connectivity index (χ1) is 12.5. The summed E-state index contributed by atoms with van der Waals surface area (Å²) in [6.07, 6.45) is 8.06. The summed E-state index contributed by atoms with van der Waals surface area (Å²) in [5.74, 6) is 12.2. The Morgan fingerprint density at radius 3 is 2.88 bits per heavy atom. The Balaban J connectivity index is 1.87. The van der Waals surface area contributed by atoms with Crippen molar-refractivity contribution in [3.8, 4) is 11.8 Å². The van der Waals surface area contributed by atoms with Crippen molar-refractivity contribution in [3.63, 3.8) is 0 Å². The van der Waals surface area contributed by atoms with E-state index in [9.17, 15) is 5.11 Å². The normalized spacial score (nSPS) is 19.9. The predicted octanol–water partition coefficient (Wildman–Crippen LogP) is 3.16. The Morgan fingerprint density at radius 2 is 2.19 bits per heavy atom. The van der Waals surface area contributed by atoms with Crippen molar-refractivity contribution in [3.05, 3.63) is 41.2 Å². The van der Waals surface area contributed by atoms with Gasteiger partial charge >= 0.3 is 0 Å². The second-order valence-electron chi connectivity index (χ2n) is 7.03. The molecule has 1 saturated carbocycles. The fourth-order valence-corrected chi connectivity index (χ4v) is 3.79. The third kappa shape index (κ3) is 3.78. The van der Waals surface area contributed by atoms with Gasteiger partial charge in [-0.2, -0.15) is 0 Å². The minimum Gasteiger partial charge on any atom is -0.378 e. The molecule has 136 valence electrons. The minimum absolute atomic E-state index is 0.257. The Morgan fingerprint density at radius 1 is 1.42 bits per heavy atom. The van der Waals surface area contributed by atoms with Crippen LogP contribution >= 0.6 is 0 Å². The van der Waals surface area contributed by atoms with Gasteiger partial charge in [0.1, 0.15) is 5.60 Å². The van der Waals surface area contributed by atoms with Crippen molar-refractivity contribution >= 4 is 11.9 Å². The molecule has 4 N–H and O–H groups in total. The van der Waals surface area contributed by atoms with Crippen LogP contribution in [0.2, 0.25) is 0 Å². The number of allylic oxidation sites excluding steroid dienone is 1. The molecule has 0 saturated heterocycles. The lowest BCUT2D eigenvalue weighted by atomic mass is 9.88. The maximum Gasteiger partial charge on any atom is 0.158 e. The standard InChI is InChI=1S/C20H25N5O/c1-20(26,17-4-2-3-5-17)11-8-15-6-7-16-10-13-25(18(16)14-15)19(9-12-21)23-24-22/h6-7,9,12,14,17,21,26H,2-5,10,13H2,1H3,(H2,22,23)/b19-9+,21-12?. The van der Waals surface area contributed by atoms with Gasteiger partial charge in [0.25, 0.3) is 0 Å². The molecule has 26 heavy (non-hydrogen) atoms. The van der Waals surface area contributed by atoms with Crippen LogP contribution in [0.5, 0.6) is 0 Å². The van der Waals surface area contributed by atoms with Crippen LogP contribution in [0.15, 0.2) is 40.4 Å². The summed E-state index contributed by atoms with van der Waals surface area (Å²) >= 11 is 0. The van der Waals surface area contributed by atoms with E-state index in [0.29, 0.717) is 5.82 Å². The second-order valence-corrected chi connectivity index (χ2v) is 7.03. The zero-order chi connectivity index (χ0) is 18.6. The van der Waals surface area contributed by atoms with Crippen LogP contribution in [0.1, 0.15) is 43.7 Å². The average molecular weight is 351 g/mol. The van der Waals surface area contributed by atoms with E-state index in [1.165, 1.54) is 24.6 Å². The molecule has 0 amide bonds. The summed E-state index contributed by atoms with van der Waals surface area (Å²) in [5, 5.41) is 25.3. The van der Waals surface area contributed by atoms with Gasteiger partial charge in [-0.25, -0.2) is 0 Å². The summed E-state index contributed by atoms with van der Waals surface area (Å²) in [5.41, 5.74) is 2.10. The summed E-state index contributed by atoms with van der Waals surface area (Å²) < 4.78 is 0. The molecule has 1 aromatic carbocycles. The molecule has 3 rings (SSSR count). The van der Waals surface area contributed by atoms with Crippen LogP contribution in [0, 0.1) is 23.2 Å². The quantitative estimate of drug-likeness (QED) is 0.255. The third-order valence-electron chi connectivity index (χ3n) is 5.26. The van der Waals surface area contributed by atoms with Gasteiger partial charge in [-0.1, -0.05) is 36.0 Å². The van der Waals surface area contributed by atoms with E-state index in [-0.39, 0.29) is 5.92 Å².